The predicted molar refractivity (Wildman–Crippen MR) is 84.9 cm³/mol. The lowest BCUT2D eigenvalue weighted by molar-refractivity contribution is 0.306. The third-order valence-electron chi connectivity index (χ3n) is 2.87. The standard InChI is InChI=1S/C18H17NO/c1-3-16(13-19-2)17-10-7-11-18(12-17)20-14-15-8-5-4-6-9-15/h3-13H,1-2,14H2/b16-13+. The van der Waals surface area contributed by atoms with Crippen LogP contribution in [0.25, 0.3) is 5.57 Å². The summed E-state index contributed by atoms with van der Waals surface area (Å²) in [6, 6.07) is 17.9. The van der Waals surface area contributed by atoms with E-state index in [2.05, 4.69) is 18.3 Å². The molecule has 0 aliphatic heterocycles. The SMILES string of the molecule is C=C/C(=C\N=C)c1cccc(OCc2ccccc2)c1. The van der Waals surface area contributed by atoms with E-state index < -0.39 is 0 Å². The maximum atomic E-state index is 5.80. The van der Waals surface area contributed by atoms with Crippen molar-refractivity contribution in [2.75, 3.05) is 0 Å². The number of hydrogen-bond acceptors (Lipinski definition) is 2. The van der Waals surface area contributed by atoms with Gasteiger partial charge < -0.3 is 4.74 Å². The lowest BCUT2D eigenvalue weighted by atomic mass is 10.1. The number of aliphatic imine (C=N–C) groups is 1. The predicted octanol–water partition coefficient (Wildman–Crippen LogP) is 4.49. The maximum Gasteiger partial charge on any atom is 0.120 e. The van der Waals surface area contributed by atoms with Crippen LogP contribution in [-0.2, 0) is 6.61 Å². The smallest absolute Gasteiger partial charge is 0.120 e. The van der Waals surface area contributed by atoms with E-state index in [-0.39, 0.29) is 0 Å². The molecule has 2 aromatic carbocycles. The maximum absolute atomic E-state index is 5.80. The first kappa shape index (κ1) is 13.8. The molecule has 0 N–H and O–H groups in total. The van der Waals surface area contributed by atoms with Gasteiger partial charge in [0.05, 0.1) is 0 Å². The van der Waals surface area contributed by atoms with E-state index in [0.717, 1.165) is 22.4 Å². The summed E-state index contributed by atoms with van der Waals surface area (Å²) >= 11 is 0. The van der Waals surface area contributed by atoms with E-state index in [0.29, 0.717) is 6.61 Å². The van der Waals surface area contributed by atoms with Gasteiger partial charge in [0.25, 0.3) is 0 Å². The van der Waals surface area contributed by atoms with Gasteiger partial charge in [0.15, 0.2) is 0 Å². The third kappa shape index (κ3) is 3.69. The number of ether oxygens (including phenoxy) is 1. The van der Waals surface area contributed by atoms with Crippen molar-refractivity contribution in [2.45, 2.75) is 6.61 Å². The van der Waals surface area contributed by atoms with Gasteiger partial charge in [-0.05, 0) is 35.6 Å². The van der Waals surface area contributed by atoms with Crippen molar-refractivity contribution >= 4 is 12.3 Å². The minimum Gasteiger partial charge on any atom is -0.489 e. The molecule has 0 aliphatic carbocycles. The van der Waals surface area contributed by atoms with Crippen molar-refractivity contribution in [3.8, 4) is 5.75 Å². The minimum absolute atomic E-state index is 0.553. The molecule has 0 atom stereocenters. The van der Waals surface area contributed by atoms with E-state index in [9.17, 15) is 0 Å². The van der Waals surface area contributed by atoms with E-state index in [1.807, 2.05) is 54.6 Å². The van der Waals surface area contributed by atoms with Crippen LogP contribution in [0.3, 0.4) is 0 Å². The molecule has 2 nitrogen and oxygen atoms in total. The topological polar surface area (TPSA) is 21.6 Å². The number of rotatable bonds is 6. The van der Waals surface area contributed by atoms with Crippen LogP contribution in [0.4, 0.5) is 0 Å². The fourth-order valence-corrected chi connectivity index (χ4v) is 1.85. The summed E-state index contributed by atoms with van der Waals surface area (Å²) in [6.07, 6.45) is 3.44. The molecule has 0 unspecified atom stereocenters. The van der Waals surface area contributed by atoms with Gasteiger partial charge >= 0.3 is 0 Å². The Balaban J connectivity index is 2.12. The first-order chi connectivity index (χ1) is 9.83. The molecule has 0 spiro atoms. The highest BCUT2D eigenvalue weighted by atomic mass is 16.5. The fourth-order valence-electron chi connectivity index (χ4n) is 1.85. The van der Waals surface area contributed by atoms with Crippen LogP contribution in [0, 0.1) is 0 Å². The molecule has 0 saturated heterocycles. The molecular weight excluding hydrogens is 246 g/mol. The Morgan fingerprint density at radius 2 is 1.90 bits per heavy atom. The van der Waals surface area contributed by atoms with E-state index >= 15 is 0 Å². The van der Waals surface area contributed by atoms with Gasteiger partial charge in [0, 0.05) is 6.20 Å². The van der Waals surface area contributed by atoms with E-state index in [4.69, 9.17) is 4.74 Å². The Bertz CT molecular complexity index is 614. The molecule has 100 valence electrons. The zero-order valence-electron chi connectivity index (χ0n) is 11.3. The van der Waals surface area contributed by atoms with Crippen LogP contribution in [0.1, 0.15) is 11.1 Å². The van der Waals surface area contributed by atoms with Crippen LogP contribution >= 0.6 is 0 Å². The third-order valence-corrected chi connectivity index (χ3v) is 2.87. The van der Waals surface area contributed by atoms with Crippen LogP contribution in [0.15, 0.2) is 78.4 Å². The fraction of sp³-hybridized carbons (Fsp3) is 0.0556. The summed E-state index contributed by atoms with van der Waals surface area (Å²) < 4.78 is 5.80. The normalized spacial score (nSPS) is 10.9. The van der Waals surface area contributed by atoms with E-state index in [1.54, 1.807) is 12.3 Å². The van der Waals surface area contributed by atoms with Crippen molar-refractivity contribution in [1.82, 2.24) is 0 Å². The zero-order valence-corrected chi connectivity index (χ0v) is 11.3. The van der Waals surface area contributed by atoms with E-state index in [1.165, 1.54) is 0 Å². The molecule has 0 saturated carbocycles. The number of hydrogen-bond donors (Lipinski definition) is 0. The van der Waals surface area contributed by atoms with Crippen LogP contribution in [-0.4, -0.2) is 6.72 Å². The minimum atomic E-state index is 0.553. The molecule has 0 fully saturated rings. The van der Waals surface area contributed by atoms with Crippen LogP contribution < -0.4 is 4.74 Å². The lowest BCUT2D eigenvalue weighted by Crippen LogP contribution is -1.95. The average Bonchev–Trinajstić information content (AvgIpc) is 2.52. The first-order valence-electron chi connectivity index (χ1n) is 6.39. The van der Waals surface area contributed by atoms with Crippen LogP contribution in [0.2, 0.25) is 0 Å². The second kappa shape index (κ2) is 7.10. The Morgan fingerprint density at radius 3 is 2.60 bits per heavy atom. The summed E-state index contributed by atoms with van der Waals surface area (Å²) in [4.78, 5) is 3.78. The summed E-state index contributed by atoms with van der Waals surface area (Å²) in [7, 11) is 0. The highest BCUT2D eigenvalue weighted by molar-refractivity contribution is 5.74. The average molecular weight is 263 g/mol. The number of nitrogens with zero attached hydrogens (tertiary/aromatic N) is 1. The van der Waals surface area contributed by atoms with Crippen molar-refractivity contribution in [1.29, 1.82) is 0 Å². The summed E-state index contributed by atoms with van der Waals surface area (Å²) in [6.45, 7) is 7.80. The van der Waals surface area contributed by atoms with Crippen molar-refractivity contribution in [3.05, 3.63) is 84.6 Å². The molecule has 2 rings (SSSR count). The zero-order chi connectivity index (χ0) is 14.2. The number of allylic oxidation sites excluding steroid dienone is 2. The molecule has 2 heteroatoms. The summed E-state index contributed by atoms with van der Waals surface area (Å²) in [5.41, 5.74) is 3.08. The van der Waals surface area contributed by atoms with Crippen LogP contribution in [0.5, 0.6) is 5.75 Å². The Labute approximate surface area is 119 Å². The molecular formula is C18H17NO. The van der Waals surface area contributed by atoms with Gasteiger partial charge in [-0.1, -0.05) is 55.1 Å². The highest BCUT2D eigenvalue weighted by Gasteiger charge is 2.00. The largest absolute Gasteiger partial charge is 0.489 e. The first-order valence-corrected chi connectivity index (χ1v) is 6.39. The monoisotopic (exact) mass is 263 g/mol. The highest BCUT2D eigenvalue weighted by Crippen LogP contribution is 2.21. The second-order valence-electron chi connectivity index (χ2n) is 4.27. The molecule has 20 heavy (non-hydrogen) atoms. The molecule has 0 heterocycles. The van der Waals surface area contributed by atoms with Gasteiger partial charge in [-0.25, -0.2) is 0 Å². The van der Waals surface area contributed by atoms with Gasteiger partial charge in [-0.2, -0.15) is 0 Å². The molecule has 0 aromatic heterocycles. The van der Waals surface area contributed by atoms with Gasteiger partial charge in [-0.15, -0.1) is 0 Å². The quantitative estimate of drug-likeness (QED) is 0.555. The second-order valence-corrected chi connectivity index (χ2v) is 4.27. The summed E-state index contributed by atoms with van der Waals surface area (Å²) in [5, 5.41) is 0. The molecule has 2 aromatic rings. The number of benzene rings is 2. The van der Waals surface area contributed by atoms with Crippen molar-refractivity contribution in [2.24, 2.45) is 4.99 Å². The van der Waals surface area contributed by atoms with Crippen molar-refractivity contribution in [3.63, 3.8) is 0 Å². The molecule has 0 amide bonds. The Morgan fingerprint density at radius 1 is 1.10 bits per heavy atom. The molecule has 0 aliphatic rings. The van der Waals surface area contributed by atoms with Gasteiger partial charge in [0.1, 0.15) is 12.4 Å². The Hall–Kier alpha value is -2.61. The van der Waals surface area contributed by atoms with Gasteiger partial charge in [-0.3, -0.25) is 4.99 Å². The van der Waals surface area contributed by atoms with Gasteiger partial charge in [0.2, 0.25) is 0 Å². The summed E-state index contributed by atoms with van der Waals surface area (Å²) in [5.74, 6) is 0.822. The lowest BCUT2D eigenvalue weighted by Gasteiger charge is -2.08. The van der Waals surface area contributed by atoms with Crippen molar-refractivity contribution < 1.29 is 4.74 Å². The molecule has 0 radical (unpaired) electrons. The molecule has 0 bridgehead atoms. The Kier molecular flexibility index (Phi) is 4.90.